The van der Waals surface area contributed by atoms with Crippen LogP contribution in [0.3, 0.4) is 0 Å². The molecule has 0 spiro atoms. The molecule has 0 unspecified atom stereocenters. The number of nitrogens with one attached hydrogen (secondary N) is 2. The number of rotatable bonds is 13. The average molecular weight is 877 g/mol. The molecular formula is C44H32N2O14S2. The maximum Gasteiger partial charge on any atom is 0.343 e. The van der Waals surface area contributed by atoms with Crippen LogP contribution in [0.25, 0.3) is 0 Å². The van der Waals surface area contributed by atoms with Gasteiger partial charge >= 0.3 is 23.9 Å². The summed E-state index contributed by atoms with van der Waals surface area (Å²) in [6, 6.07) is 27.5. The Hall–Kier alpha value is -7.96. The van der Waals surface area contributed by atoms with Crippen molar-refractivity contribution in [2.45, 2.75) is 26.5 Å². The molecule has 0 saturated carbocycles. The van der Waals surface area contributed by atoms with Gasteiger partial charge in [-0.2, -0.15) is 0 Å². The fraction of sp³-hybridized carbons (Fsp3) is 0.0455. The van der Waals surface area contributed by atoms with Crippen molar-refractivity contribution in [2.24, 2.45) is 0 Å². The monoisotopic (exact) mass is 876 g/mol. The second-order valence-electron chi connectivity index (χ2n) is 13.2. The Bertz CT molecular complexity index is 3000. The van der Waals surface area contributed by atoms with Crippen molar-refractivity contribution in [2.75, 3.05) is 12.4 Å². The Kier molecular flexibility index (Phi) is 12.5. The lowest BCUT2D eigenvalue weighted by Crippen LogP contribution is -2.22. The highest BCUT2D eigenvalue weighted by molar-refractivity contribution is 7.91. The van der Waals surface area contributed by atoms with E-state index in [2.05, 4.69) is 10.6 Å². The Morgan fingerprint density at radius 1 is 0.468 bits per heavy atom. The maximum absolute atomic E-state index is 13.4. The number of hydrogen-bond donors (Lipinski definition) is 4. The molecule has 0 aliphatic rings. The third-order valence-electron chi connectivity index (χ3n) is 9.13. The fourth-order valence-electron chi connectivity index (χ4n) is 5.84. The van der Waals surface area contributed by atoms with E-state index in [1.807, 2.05) is 6.92 Å². The van der Waals surface area contributed by atoms with E-state index in [4.69, 9.17) is 9.47 Å². The van der Waals surface area contributed by atoms with Gasteiger partial charge in [0.15, 0.2) is 0 Å². The topological polar surface area (TPSA) is 254 Å². The van der Waals surface area contributed by atoms with E-state index in [1.54, 1.807) is 12.1 Å². The third kappa shape index (κ3) is 9.41. The molecule has 0 heterocycles. The number of aryl methyl sites for hydroxylation is 1. The average Bonchev–Trinajstić information content (AvgIpc) is 3.26. The summed E-state index contributed by atoms with van der Waals surface area (Å²) in [4.78, 5) is 74.5. The largest absolute Gasteiger partial charge is 0.478 e. The Balaban J connectivity index is 1.11. The van der Waals surface area contributed by atoms with Crippen molar-refractivity contribution in [1.29, 1.82) is 0 Å². The number of carboxylic acids is 2. The van der Waals surface area contributed by atoms with Crippen LogP contribution in [0.1, 0.15) is 67.7 Å². The molecule has 4 N–H and O–H groups in total. The van der Waals surface area contributed by atoms with Gasteiger partial charge in [0.1, 0.15) is 11.5 Å². The smallest absolute Gasteiger partial charge is 0.343 e. The molecule has 62 heavy (non-hydrogen) atoms. The van der Waals surface area contributed by atoms with Crippen LogP contribution in [0.15, 0.2) is 153 Å². The lowest BCUT2D eigenvalue weighted by atomic mass is 10.0. The zero-order valence-electron chi connectivity index (χ0n) is 32.3. The molecular weight excluding hydrogens is 845 g/mol. The van der Waals surface area contributed by atoms with Crippen molar-refractivity contribution < 1.29 is 65.3 Å². The number of amides is 2. The Labute approximate surface area is 353 Å². The molecule has 16 nitrogen and oxygen atoms in total. The van der Waals surface area contributed by atoms with Crippen molar-refractivity contribution in [3.05, 3.63) is 172 Å². The first kappa shape index (κ1) is 43.6. The van der Waals surface area contributed by atoms with Gasteiger partial charge in [0.2, 0.25) is 19.7 Å². The van der Waals surface area contributed by atoms with Gasteiger partial charge < -0.3 is 30.3 Å². The van der Waals surface area contributed by atoms with Crippen molar-refractivity contribution in [1.82, 2.24) is 5.32 Å². The van der Waals surface area contributed by atoms with Gasteiger partial charge in [0, 0.05) is 12.7 Å². The van der Waals surface area contributed by atoms with E-state index in [-0.39, 0.29) is 59.0 Å². The molecule has 2 amide bonds. The summed E-state index contributed by atoms with van der Waals surface area (Å²) < 4.78 is 63.5. The minimum atomic E-state index is -4.15. The molecule has 6 aromatic carbocycles. The van der Waals surface area contributed by atoms with Crippen LogP contribution >= 0.6 is 0 Å². The zero-order chi connectivity index (χ0) is 44.9. The normalized spacial score (nSPS) is 11.2. The minimum Gasteiger partial charge on any atom is -0.478 e. The number of aromatic carboxylic acids is 2. The molecule has 0 aliphatic carbocycles. The molecule has 0 atom stereocenters. The fourth-order valence-corrected chi connectivity index (χ4v) is 8.36. The number of benzene rings is 6. The first-order valence-corrected chi connectivity index (χ1v) is 20.9. The summed E-state index contributed by atoms with van der Waals surface area (Å²) >= 11 is 0. The molecule has 0 radical (unpaired) electrons. The highest BCUT2D eigenvalue weighted by atomic mass is 32.2. The molecule has 0 aromatic heterocycles. The third-order valence-corrected chi connectivity index (χ3v) is 12.7. The first-order valence-electron chi connectivity index (χ1n) is 18.0. The van der Waals surface area contributed by atoms with Crippen LogP contribution in [0.5, 0.6) is 11.5 Å². The van der Waals surface area contributed by atoms with Gasteiger partial charge in [0.25, 0.3) is 11.8 Å². The lowest BCUT2D eigenvalue weighted by molar-refractivity contribution is 0.0682. The molecule has 0 fully saturated rings. The van der Waals surface area contributed by atoms with Crippen LogP contribution in [0, 0.1) is 6.92 Å². The van der Waals surface area contributed by atoms with E-state index >= 15 is 0 Å². The molecule has 6 rings (SSSR count). The van der Waals surface area contributed by atoms with Crippen molar-refractivity contribution in [3.63, 3.8) is 0 Å². The van der Waals surface area contributed by atoms with E-state index in [0.717, 1.165) is 42.0 Å². The number of carbonyl (C=O) groups is 6. The predicted octanol–water partition coefficient (Wildman–Crippen LogP) is 6.11. The molecule has 6 aromatic rings. The quantitative estimate of drug-likeness (QED) is 0.0755. The van der Waals surface area contributed by atoms with Gasteiger partial charge in [-0.25, -0.2) is 36.0 Å². The lowest BCUT2D eigenvalue weighted by Gasteiger charge is -2.11. The van der Waals surface area contributed by atoms with Crippen molar-refractivity contribution in [3.8, 4) is 11.5 Å². The summed E-state index contributed by atoms with van der Waals surface area (Å²) in [6.45, 7) is 1.82. The number of carboxylic acid groups (broad SMARTS) is 2. The maximum atomic E-state index is 13.4. The van der Waals surface area contributed by atoms with Crippen LogP contribution in [0.2, 0.25) is 0 Å². The zero-order valence-corrected chi connectivity index (χ0v) is 33.9. The minimum absolute atomic E-state index is 0.0400. The SMILES string of the molecule is CNC(=O)c1cc(C(=O)Oc2ccc(S(=O)(=O)c3ccc(OC(=O)c4ccc(C(=O)O)c(C(=O)Nc5ccc(S(=O)(=O)c6ccc(C)cc6)cc5)c4)cc3)cc2)ccc1C(=O)O. The van der Waals surface area contributed by atoms with Gasteiger partial charge in [-0.05, 0) is 128 Å². The van der Waals surface area contributed by atoms with Gasteiger partial charge in [-0.15, -0.1) is 0 Å². The van der Waals surface area contributed by atoms with Gasteiger partial charge in [-0.1, -0.05) is 17.7 Å². The number of ether oxygens (including phenoxy) is 2. The number of sulfone groups is 2. The summed E-state index contributed by atoms with van der Waals surface area (Å²) in [5.41, 5.74) is -0.788. The highest BCUT2D eigenvalue weighted by Crippen LogP contribution is 2.27. The predicted molar refractivity (Wildman–Crippen MR) is 219 cm³/mol. The first-order chi connectivity index (χ1) is 29.4. The standard InChI is InChI=1S/C44H32N2O14S2/c1-25-3-13-31(14-4-25)61(55,56)32-15-7-28(8-16-32)46-40(48)38-24-27(6-22-36(38)42(51)52)44(54)60-30-11-19-34(20-12-30)62(57,58)33-17-9-29(10-18-33)59-43(53)26-5-21-35(41(49)50)37(23-26)39(47)45-2/h3-24H,1-2H3,(H,45,47)(H,46,48)(H,49,50)(H,51,52). The molecule has 0 aliphatic heterocycles. The van der Waals surface area contributed by atoms with E-state index < -0.39 is 66.5 Å². The number of carbonyl (C=O) groups excluding carboxylic acids is 4. The second kappa shape index (κ2) is 17.7. The van der Waals surface area contributed by atoms with Gasteiger partial charge in [0.05, 0.1) is 53.0 Å². The number of hydrogen-bond acceptors (Lipinski definition) is 12. The van der Waals surface area contributed by atoms with E-state index in [9.17, 15) is 55.8 Å². The van der Waals surface area contributed by atoms with E-state index in [1.165, 1.54) is 92.0 Å². The Morgan fingerprint density at radius 2 is 0.823 bits per heavy atom. The summed E-state index contributed by atoms with van der Waals surface area (Å²) in [5, 5.41) is 23.9. The van der Waals surface area contributed by atoms with E-state index in [0.29, 0.717) is 0 Å². The Morgan fingerprint density at radius 3 is 1.19 bits per heavy atom. The summed E-state index contributed by atoms with van der Waals surface area (Å²) in [7, 11) is -6.72. The molecule has 314 valence electrons. The number of esters is 2. The van der Waals surface area contributed by atoms with Crippen LogP contribution < -0.4 is 20.1 Å². The van der Waals surface area contributed by atoms with Crippen LogP contribution in [-0.2, 0) is 19.7 Å². The van der Waals surface area contributed by atoms with Gasteiger partial charge in [-0.3, -0.25) is 9.59 Å². The highest BCUT2D eigenvalue weighted by Gasteiger charge is 2.24. The number of anilines is 1. The second-order valence-corrected chi connectivity index (χ2v) is 17.1. The summed E-state index contributed by atoms with van der Waals surface area (Å²) in [6.07, 6.45) is 0. The molecule has 0 bridgehead atoms. The van der Waals surface area contributed by atoms with Crippen molar-refractivity contribution >= 4 is 61.1 Å². The molecule has 0 saturated heterocycles. The summed E-state index contributed by atoms with van der Waals surface area (Å²) in [5.74, 6) is -6.61. The van der Waals surface area contributed by atoms with Crippen LogP contribution in [-0.4, -0.2) is 69.8 Å². The molecule has 18 heteroatoms. The van der Waals surface area contributed by atoms with Crippen LogP contribution in [0.4, 0.5) is 5.69 Å².